The van der Waals surface area contributed by atoms with Crippen molar-refractivity contribution in [3.8, 4) is 0 Å². The van der Waals surface area contributed by atoms with E-state index in [0.29, 0.717) is 0 Å². The maximum absolute atomic E-state index is 5.97. The van der Waals surface area contributed by atoms with E-state index >= 15 is 0 Å². The maximum Gasteiger partial charge on any atom is 0.0877 e. The van der Waals surface area contributed by atoms with E-state index in [1.54, 1.807) is 6.20 Å². The molecule has 0 fully saturated rings. The summed E-state index contributed by atoms with van der Waals surface area (Å²) in [5.74, 6) is 0. The van der Waals surface area contributed by atoms with E-state index in [2.05, 4.69) is 9.97 Å². The Morgan fingerprint density at radius 2 is 2.15 bits per heavy atom. The van der Waals surface area contributed by atoms with Crippen molar-refractivity contribution in [1.82, 2.24) is 9.97 Å². The fraction of sp³-hybridized carbons (Fsp3) is 0.100. The Kier molecular flexibility index (Phi) is 2.10. The lowest BCUT2D eigenvalue weighted by Gasteiger charge is -2.07. The molecule has 0 saturated carbocycles. The molecule has 0 saturated heterocycles. The maximum atomic E-state index is 5.97. The highest BCUT2D eigenvalue weighted by atomic mass is 14.8. The second-order valence-corrected chi connectivity index (χ2v) is 2.86. The van der Waals surface area contributed by atoms with Crippen molar-refractivity contribution >= 4 is 0 Å². The van der Waals surface area contributed by atoms with Gasteiger partial charge in [0.25, 0.3) is 0 Å². The minimum absolute atomic E-state index is 0.156. The first kappa shape index (κ1) is 8.01. The van der Waals surface area contributed by atoms with Gasteiger partial charge in [0.2, 0.25) is 0 Å². The van der Waals surface area contributed by atoms with E-state index in [4.69, 9.17) is 5.73 Å². The van der Waals surface area contributed by atoms with Crippen molar-refractivity contribution in [1.29, 1.82) is 0 Å². The van der Waals surface area contributed by atoms with Crippen LogP contribution in [0.15, 0.2) is 42.7 Å². The summed E-state index contributed by atoms with van der Waals surface area (Å²) in [5.41, 5.74) is 7.83. The van der Waals surface area contributed by atoms with Crippen molar-refractivity contribution < 1.29 is 0 Å². The molecular formula is C10H11N3. The molecule has 13 heavy (non-hydrogen) atoms. The second-order valence-electron chi connectivity index (χ2n) is 2.86. The van der Waals surface area contributed by atoms with Crippen molar-refractivity contribution in [3.05, 3.63) is 54.1 Å². The molecule has 0 spiro atoms. The van der Waals surface area contributed by atoms with Gasteiger partial charge in [0.15, 0.2) is 0 Å². The molecule has 2 heterocycles. The van der Waals surface area contributed by atoms with Crippen LogP contribution < -0.4 is 5.73 Å². The van der Waals surface area contributed by atoms with Gasteiger partial charge in [-0.15, -0.1) is 0 Å². The molecule has 3 nitrogen and oxygen atoms in total. The van der Waals surface area contributed by atoms with Crippen LogP contribution in [0.1, 0.15) is 17.4 Å². The van der Waals surface area contributed by atoms with Crippen LogP contribution in [0.25, 0.3) is 0 Å². The van der Waals surface area contributed by atoms with Gasteiger partial charge in [0.05, 0.1) is 11.7 Å². The van der Waals surface area contributed by atoms with Gasteiger partial charge in [0.1, 0.15) is 0 Å². The van der Waals surface area contributed by atoms with E-state index < -0.39 is 0 Å². The van der Waals surface area contributed by atoms with Crippen molar-refractivity contribution in [2.24, 2.45) is 5.73 Å². The highest BCUT2D eigenvalue weighted by Crippen LogP contribution is 2.14. The molecule has 0 aliphatic carbocycles. The number of nitrogens with zero attached hydrogens (tertiary/aromatic N) is 1. The second kappa shape index (κ2) is 3.41. The van der Waals surface area contributed by atoms with E-state index in [0.717, 1.165) is 11.4 Å². The van der Waals surface area contributed by atoms with Crippen molar-refractivity contribution in [2.45, 2.75) is 6.04 Å². The Bertz CT molecular complexity index is 353. The quantitative estimate of drug-likeness (QED) is 0.722. The first-order chi connectivity index (χ1) is 6.38. The third-order valence-corrected chi connectivity index (χ3v) is 1.96. The molecule has 0 radical (unpaired) electrons. The number of hydrogen-bond donors (Lipinski definition) is 2. The molecule has 0 aromatic carbocycles. The zero-order valence-electron chi connectivity index (χ0n) is 7.14. The molecule has 1 unspecified atom stereocenters. The molecule has 0 amide bonds. The fourth-order valence-electron chi connectivity index (χ4n) is 1.26. The lowest BCUT2D eigenvalue weighted by Crippen LogP contribution is -2.13. The van der Waals surface area contributed by atoms with Gasteiger partial charge in [-0.1, -0.05) is 6.07 Å². The third kappa shape index (κ3) is 1.60. The smallest absolute Gasteiger partial charge is 0.0877 e. The predicted molar refractivity (Wildman–Crippen MR) is 51.1 cm³/mol. The van der Waals surface area contributed by atoms with Crippen LogP contribution in [0.4, 0.5) is 0 Å². The molecular weight excluding hydrogens is 162 g/mol. The summed E-state index contributed by atoms with van der Waals surface area (Å²) in [4.78, 5) is 7.26. The monoisotopic (exact) mass is 173 g/mol. The third-order valence-electron chi connectivity index (χ3n) is 1.96. The van der Waals surface area contributed by atoms with E-state index in [1.807, 2.05) is 36.5 Å². The van der Waals surface area contributed by atoms with Crippen LogP contribution in [0.5, 0.6) is 0 Å². The molecule has 2 aromatic heterocycles. The minimum atomic E-state index is -0.156. The highest BCUT2D eigenvalue weighted by molar-refractivity contribution is 5.21. The van der Waals surface area contributed by atoms with Gasteiger partial charge < -0.3 is 10.7 Å². The molecule has 3 N–H and O–H groups in total. The molecule has 2 aromatic rings. The first-order valence-electron chi connectivity index (χ1n) is 4.18. The number of aromatic amines is 1. The highest BCUT2D eigenvalue weighted by Gasteiger charge is 2.09. The summed E-state index contributed by atoms with van der Waals surface area (Å²) in [6, 6.07) is 9.47. The summed E-state index contributed by atoms with van der Waals surface area (Å²) in [5, 5.41) is 0. The number of hydrogen-bond acceptors (Lipinski definition) is 2. The van der Waals surface area contributed by atoms with Gasteiger partial charge in [-0.25, -0.2) is 0 Å². The van der Waals surface area contributed by atoms with Crippen molar-refractivity contribution in [3.63, 3.8) is 0 Å². The van der Waals surface area contributed by atoms with E-state index in [9.17, 15) is 0 Å². The molecule has 3 heteroatoms. The average Bonchev–Trinajstić information content (AvgIpc) is 2.71. The van der Waals surface area contributed by atoms with Crippen LogP contribution >= 0.6 is 0 Å². The summed E-state index contributed by atoms with van der Waals surface area (Å²) in [6.45, 7) is 0. The Balaban J connectivity index is 2.29. The van der Waals surface area contributed by atoms with Crippen LogP contribution in [0, 0.1) is 0 Å². The number of H-pyrrole nitrogens is 1. The van der Waals surface area contributed by atoms with E-state index in [1.165, 1.54) is 0 Å². The predicted octanol–water partition coefficient (Wildman–Crippen LogP) is 1.46. The molecule has 0 aliphatic rings. The Morgan fingerprint density at radius 3 is 2.77 bits per heavy atom. The summed E-state index contributed by atoms with van der Waals surface area (Å²) in [6.07, 6.45) is 3.61. The van der Waals surface area contributed by atoms with Gasteiger partial charge in [-0.3, -0.25) is 4.98 Å². The normalized spacial score (nSPS) is 12.7. The van der Waals surface area contributed by atoms with Crippen LogP contribution in [0.2, 0.25) is 0 Å². The SMILES string of the molecule is NC(c1ccccn1)c1ccc[nH]1. The number of rotatable bonds is 2. The summed E-state index contributed by atoms with van der Waals surface area (Å²) < 4.78 is 0. The molecule has 1 atom stereocenters. The van der Waals surface area contributed by atoms with Gasteiger partial charge in [-0.2, -0.15) is 0 Å². The standard InChI is InChI=1S/C10H11N3/c11-10(9-5-3-7-13-9)8-4-1-2-6-12-8/h1-7,10,13H,11H2. The zero-order chi connectivity index (χ0) is 9.10. The van der Waals surface area contributed by atoms with Crippen molar-refractivity contribution in [2.75, 3.05) is 0 Å². The first-order valence-corrected chi connectivity index (χ1v) is 4.18. The zero-order valence-corrected chi connectivity index (χ0v) is 7.14. The molecule has 2 rings (SSSR count). The topological polar surface area (TPSA) is 54.7 Å². The average molecular weight is 173 g/mol. The van der Waals surface area contributed by atoms with E-state index in [-0.39, 0.29) is 6.04 Å². The number of nitrogens with two attached hydrogens (primary N) is 1. The molecule has 0 aliphatic heterocycles. The van der Waals surface area contributed by atoms with Crippen LogP contribution in [0.3, 0.4) is 0 Å². The van der Waals surface area contributed by atoms with Gasteiger partial charge in [0, 0.05) is 18.1 Å². The number of pyridine rings is 1. The number of nitrogens with one attached hydrogen (secondary N) is 1. The fourth-order valence-corrected chi connectivity index (χ4v) is 1.26. The van der Waals surface area contributed by atoms with Crippen LogP contribution in [-0.4, -0.2) is 9.97 Å². The lowest BCUT2D eigenvalue weighted by molar-refractivity contribution is 0.802. The molecule has 66 valence electrons. The Labute approximate surface area is 76.6 Å². The van der Waals surface area contributed by atoms with Crippen LogP contribution in [-0.2, 0) is 0 Å². The number of aromatic nitrogens is 2. The minimum Gasteiger partial charge on any atom is -0.363 e. The molecule has 0 bridgehead atoms. The summed E-state index contributed by atoms with van der Waals surface area (Å²) in [7, 11) is 0. The van der Waals surface area contributed by atoms with Gasteiger partial charge >= 0.3 is 0 Å². The Hall–Kier alpha value is -1.61. The Morgan fingerprint density at radius 1 is 1.23 bits per heavy atom. The summed E-state index contributed by atoms with van der Waals surface area (Å²) >= 11 is 0. The lowest BCUT2D eigenvalue weighted by atomic mass is 10.1. The largest absolute Gasteiger partial charge is 0.363 e. The van der Waals surface area contributed by atoms with Gasteiger partial charge in [-0.05, 0) is 24.3 Å².